The molecular formula is C57H43NO. The fourth-order valence-corrected chi connectivity index (χ4v) is 8.53. The van der Waals surface area contributed by atoms with Gasteiger partial charge in [-0.2, -0.15) is 0 Å². The van der Waals surface area contributed by atoms with E-state index in [0.29, 0.717) is 0 Å². The first kappa shape index (κ1) is 36.0. The maximum atomic E-state index is 6.66. The van der Waals surface area contributed by atoms with E-state index in [1.165, 1.54) is 55.6 Å². The van der Waals surface area contributed by atoms with Crippen molar-refractivity contribution in [1.82, 2.24) is 0 Å². The molecule has 9 aromatic carbocycles. The lowest BCUT2D eigenvalue weighted by molar-refractivity contribution is 0.419. The maximum Gasteiger partial charge on any atom is 0.139 e. The molecule has 59 heavy (non-hydrogen) atoms. The van der Waals surface area contributed by atoms with E-state index in [-0.39, 0.29) is 5.41 Å². The van der Waals surface area contributed by atoms with Gasteiger partial charge in [0.1, 0.15) is 11.5 Å². The number of benzene rings is 9. The molecule has 10 rings (SSSR count). The van der Waals surface area contributed by atoms with Gasteiger partial charge in [0.05, 0.1) is 0 Å². The molecule has 0 bridgehead atoms. The molecule has 0 aliphatic carbocycles. The molecule has 0 atom stereocenters. The Morgan fingerprint density at radius 2 is 0.695 bits per heavy atom. The van der Waals surface area contributed by atoms with Gasteiger partial charge in [0.15, 0.2) is 0 Å². The molecule has 2 heteroatoms. The molecule has 0 amide bonds. The van der Waals surface area contributed by atoms with Crippen LogP contribution in [0.3, 0.4) is 0 Å². The first-order valence-corrected chi connectivity index (χ1v) is 20.3. The summed E-state index contributed by atoms with van der Waals surface area (Å²) in [5.74, 6) is 1.85. The van der Waals surface area contributed by atoms with Crippen LogP contribution in [0.4, 0.5) is 17.1 Å². The van der Waals surface area contributed by atoms with Gasteiger partial charge < -0.3 is 9.64 Å². The minimum absolute atomic E-state index is 0.179. The van der Waals surface area contributed by atoms with Crippen LogP contribution in [0.15, 0.2) is 224 Å². The van der Waals surface area contributed by atoms with Crippen LogP contribution in [0.1, 0.15) is 25.0 Å². The van der Waals surface area contributed by atoms with E-state index >= 15 is 0 Å². The van der Waals surface area contributed by atoms with Crippen molar-refractivity contribution >= 4 is 17.1 Å². The van der Waals surface area contributed by atoms with Crippen molar-refractivity contribution in [2.45, 2.75) is 19.3 Å². The van der Waals surface area contributed by atoms with Crippen molar-refractivity contribution in [2.24, 2.45) is 0 Å². The van der Waals surface area contributed by atoms with E-state index in [1.807, 2.05) is 0 Å². The molecule has 0 fully saturated rings. The second-order valence-corrected chi connectivity index (χ2v) is 15.8. The minimum atomic E-state index is -0.179. The Morgan fingerprint density at radius 3 is 1.24 bits per heavy atom. The number of hydrogen-bond acceptors (Lipinski definition) is 2. The summed E-state index contributed by atoms with van der Waals surface area (Å²) in [5.41, 5.74) is 17.3. The van der Waals surface area contributed by atoms with Gasteiger partial charge in [-0.15, -0.1) is 0 Å². The van der Waals surface area contributed by atoms with Crippen molar-refractivity contribution in [1.29, 1.82) is 0 Å². The summed E-state index contributed by atoms with van der Waals surface area (Å²) in [6, 6.07) is 80.4. The average Bonchev–Trinajstić information content (AvgIpc) is 3.30. The number of rotatable bonds is 8. The number of ether oxygens (including phenoxy) is 1. The quantitative estimate of drug-likeness (QED) is 0.153. The monoisotopic (exact) mass is 757 g/mol. The van der Waals surface area contributed by atoms with Gasteiger partial charge in [-0.3, -0.25) is 0 Å². The van der Waals surface area contributed by atoms with Crippen LogP contribution in [-0.4, -0.2) is 0 Å². The van der Waals surface area contributed by atoms with E-state index in [4.69, 9.17) is 4.74 Å². The van der Waals surface area contributed by atoms with Gasteiger partial charge in [-0.05, 0) is 98.6 Å². The summed E-state index contributed by atoms with van der Waals surface area (Å²) in [6.45, 7) is 4.57. The fraction of sp³-hybridized carbons (Fsp3) is 0.0526. The Balaban J connectivity index is 1.00. The van der Waals surface area contributed by atoms with Gasteiger partial charge in [0, 0.05) is 39.2 Å². The number of anilines is 3. The molecule has 0 saturated heterocycles. The summed E-state index contributed by atoms with van der Waals surface area (Å²) >= 11 is 0. The van der Waals surface area contributed by atoms with Crippen molar-refractivity contribution in [3.8, 4) is 67.1 Å². The summed E-state index contributed by atoms with van der Waals surface area (Å²) < 4.78 is 6.66. The van der Waals surface area contributed by atoms with Crippen LogP contribution in [-0.2, 0) is 5.41 Å². The first-order valence-electron chi connectivity index (χ1n) is 20.3. The van der Waals surface area contributed by atoms with Crippen molar-refractivity contribution < 1.29 is 4.74 Å². The van der Waals surface area contributed by atoms with Crippen LogP contribution in [0.25, 0.3) is 55.6 Å². The van der Waals surface area contributed by atoms with Gasteiger partial charge in [-0.25, -0.2) is 0 Å². The zero-order valence-electron chi connectivity index (χ0n) is 33.2. The summed E-state index contributed by atoms with van der Waals surface area (Å²) in [4.78, 5) is 2.34. The van der Waals surface area contributed by atoms with Gasteiger partial charge in [0.2, 0.25) is 0 Å². The molecule has 1 aliphatic heterocycles. The lowest BCUT2D eigenvalue weighted by atomic mass is 9.75. The number of para-hydroxylation sites is 2. The molecule has 1 heterocycles. The molecular weight excluding hydrogens is 715 g/mol. The number of hydrogen-bond donors (Lipinski definition) is 0. The molecule has 2 nitrogen and oxygen atoms in total. The first-order chi connectivity index (χ1) is 29.0. The Kier molecular flexibility index (Phi) is 9.24. The minimum Gasteiger partial charge on any atom is -0.456 e. The Morgan fingerprint density at radius 1 is 0.322 bits per heavy atom. The van der Waals surface area contributed by atoms with Gasteiger partial charge in [-0.1, -0.05) is 190 Å². The zero-order chi connectivity index (χ0) is 39.8. The Hall–Kier alpha value is -7.42. The molecule has 0 spiro atoms. The van der Waals surface area contributed by atoms with E-state index in [9.17, 15) is 0 Å². The summed E-state index contributed by atoms with van der Waals surface area (Å²) in [6.07, 6.45) is 0. The topological polar surface area (TPSA) is 12.5 Å². The molecule has 0 unspecified atom stereocenters. The maximum absolute atomic E-state index is 6.66. The zero-order valence-corrected chi connectivity index (χ0v) is 33.2. The molecule has 1 aliphatic rings. The Bertz CT molecular complexity index is 2880. The molecule has 0 radical (unpaired) electrons. The van der Waals surface area contributed by atoms with Crippen LogP contribution in [0, 0.1) is 0 Å². The number of nitrogens with zero attached hydrogens (tertiary/aromatic N) is 1. The molecule has 0 saturated carbocycles. The third-order valence-corrected chi connectivity index (χ3v) is 11.8. The van der Waals surface area contributed by atoms with Crippen LogP contribution >= 0.6 is 0 Å². The third kappa shape index (κ3) is 6.89. The van der Waals surface area contributed by atoms with E-state index < -0.39 is 0 Å². The predicted molar refractivity (Wildman–Crippen MR) is 247 cm³/mol. The molecule has 282 valence electrons. The highest BCUT2D eigenvalue weighted by molar-refractivity contribution is 5.83. The van der Waals surface area contributed by atoms with Crippen molar-refractivity contribution in [2.75, 3.05) is 4.90 Å². The normalized spacial score (nSPS) is 12.5. The highest BCUT2D eigenvalue weighted by atomic mass is 16.5. The molecule has 0 N–H and O–H groups in total. The fourth-order valence-electron chi connectivity index (χ4n) is 8.53. The Labute approximate surface area is 347 Å². The highest BCUT2D eigenvalue weighted by Gasteiger charge is 2.35. The van der Waals surface area contributed by atoms with Crippen LogP contribution in [0.5, 0.6) is 11.5 Å². The van der Waals surface area contributed by atoms with E-state index in [0.717, 1.165) is 39.7 Å². The standard InChI is InChI=1S/C57H43NO/c1-57(2)53-20-9-10-22-55(53)59-56-52(19-12-21-54(56)57)46-31-37-51(38-32-46)58(49-33-27-44(28-34-49)43-25-23-42(24-26-43)40-13-5-3-6-14-40)50-35-29-45(30-36-50)48-18-11-17-47(39-48)41-15-7-4-8-16-41/h3-39H,1-2H3. The van der Waals surface area contributed by atoms with Crippen LogP contribution < -0.4 is 9.64 Å². The van der Waals surface area contributed by atoms with Crippen molar-refractivity contribution in [3.05, 3.63) is 236 Å². The smallest absolute Gasteiger partial charge is 0.139 e. The van der Waals surface area contributed by atoms with Crippen LogP contribution in [0.2, 0.25) is 0 Å². The summed E-state index contributed by atoms with van der Waals surface area (Å²) in [5, 5.41) is 0. The third-order valence-electron chi connectivity index (χ3n) is 11.8. The molecule has 9 aromatic rings. The lowest BCUT2D eigenvalue weighted by Crippen LogP contribution is -2.24. The SMILES string of the molecule is CC1(C)c2ccccc2Oc2c(-c3ccc(N(c4ccc(-c5ccc(-c6ccccc6)cc5)cc4)c4ccc(-c5cccc(-c6ccccc6)c5)cc4)cc3)cccc21. The van der Waals surface area contributed by atoms with Gasteiger partial charge in [0.25, 0.3) is 0 Å². The number of fused-ring (bicyclic) bond motifs is 2. The molecule has 0 aromatic heterocycles. The van der Waals surface area contributed by atoms with E-state index in [2.05, 4.69) is 243 Å². The second-order valence-electron chi connectivity index (χ2n) is 15.8. The lowest BCUT2D eigenvalue weighted by Gasteiger charge is -2.35. The highest BCUT2D eigenvalue weighted by Crippen LogP contribution is 2.51. The largest absolute Gasteiger partial charge is 0.456 e. The van der Waals surface area contributed by atoms with Gasteiger partial charge >= 0.3 is 0 Å². The predicted octanol–water partition coefficient (Wildman–Crippen LogP) is 15.9. The summed E-state index contributed by atoms with van der Waals surface area (Å²) in [7, 11) is 0. The van der Waals surface area contributed by atoms with E-state index in [1.54, 1.807) is 0 Å². The average molecular weight is 758 g/mol. The second kappa shape index (κ2) is 15.2. The van der Waals surface area contributed by atoms with Crippen molar-refractivity contribution in [3.63, 3.8) is 0 Å².